The Balaban J connectivity index is 3.00. The van der Waals surface area contributed by atoms with E-state index in [0.717, 1.165) is 12.2 Å². The molecule has 0 aliphatic carbocycles. The summed E-state index contributed by atoms with van der Waals surface area (Å²) in [6, 6.07) is 8.27. The summed E-state index contributed by atoms with van der Waals surface area (Å²) in [4.78, 5) is 0. The number of benzene rings is 1. The molecule has 0 aromatic heterocycles. The zero-order valence-corrected chi connectivity index (χ0v) is 10.4. The van der Waals surface area contributed by atoms with Crippen LogP contribution in [0.5, 0.6) is 5.75 Å². The summed E-state index contributed by atoms with van der Waals surface area (Å²) in [7, 11) is 1.70. The van der Waals surface area contributed by atoms with Gasteiger partial charge in [-0.25, -0.2) is 0 Å². The lowest BCUT2D eigenvalue weighted by Gasteiger charge is -2.23. The maximum absolute atomic E-state index is 6.11. The second kappa shape index (κ2) is 6.03. The lowest BCUT2D eigenvalue weighted by Crippen LogP contribution is -2.25. The number of hydrogen-bond donors (Lipinski definition) is 1. The second-order valence-corrected chi connectivity index (χ2v) is 4.45. The number of hydrogen-bond acceptors (Lipinski definition) is 3. The van der Waals surface area contributed by atoms with E-state index in [1.165, 1.54) is 5.56 Å². The van der Waals surface area contributed by atoms with Gasteiger partial charge in [0.05, 0.1) is 7.11 Å². The molecule has 0 spiro atoms. The van der Waals surface area contributed by atoms with E-state index in [4.69, 9.17) is 10.5 Å². The van der Waals surface area contributed by atoms with Crippen LogP contribution in [0.1, 0.15) is 24.2 Å². The highest BCUT2D eigenvalue weighted by Crippen LogP contribution is 2.36. The molecule has 2 nitrogen and oxygen atoms in total. The summed E-state index contributed by atoms with van der Waals surface area (Å²) >= 11 is 1.78. The summed E-state index contributed by atoms with van der Waals surface area (Å²) in [5.74, 6) is 0.931. The van der Waals surface area contributed by atoms with Gasteiger partial charge in [0.1, 0.15) is 5.75 Å². The predicted octanol–water partition coefficient (Wildman–Crippen LogP) is 2.84. The minimum Gasteiger partial charge on any atom is -0.496 e. The van der Waals surface area contributed by atoms with Gasteiger partial charge in [-0.2, -0.15) is 11.8 Å². The van der Waals surface area contributed by atoms with Crippen LogP contribution in [0, 0.1) is 0 Å². The van der Waals surface area contributed by atoms with Crippen LogP contribution in [0.3, 0.4) is 0 Å². The highest BCUT2D eigenvalue weighted by Gasteiger charge is 2.20. The van der Waals surface area contributed by atoms with E-state index < -0.39 is 0 Å². The first-order valence-corrected chi connectivity index (χ1v) is 6.44. The van der Waals surface area contributed by atoms with Crippen LogP contribution in [0.15, 0.2) is 24.3 Å². The zero-order valence-electron chi connectivity index (χ0n) is 9.57. The molecule has 1 rings (SSSR count). The molecule has 15 heavy (non-hydrogen) atoms. The minimum atomic E-state index is 0.177. The Bertz CT molecular complexity index is 303. The van der Waals surface area contributed by atoms with Gasteiger partial charge in [0.15, 0.2) is 0 Å². The predicted molar refractivity (Wildman–Crippen MR) is 67.5 cm³/mol. The molecule has 2 N–H and O–H groups in total. The quantitative estimate of drug-likeness (QED) is 0.837. The van der Waals surface area contributed by atoms with E-state index in [-0.39, 0.29) is 6.04 Å². The Morgan fingerprint density at radius 1 is 1.40 bits per heavy atom. The average molecular weight is 225 g/mol. The zero-order chi connectivity index (χ0) is 11.3. The Morgan fingerprint density at radius 2 is 2.07 bits per heavy atom. The van der Waals surface area contributed by atoms with Gasteiger partial charge in [-0.15, -0.1) is 0 Å². The SMILES string of the molecule is CCC(N)C(SC)c1ccccc1OC. The fourth-order valence-corrected chi connectivity index (χ4v) is 2.64. The Hall–Kier alpha value is -0.670. The minimum absolute atomic E-state index is 0.177. The molecule has 0 heterocycles. The smallest absolute Gasteiger partial charge is 0.123 e. The Morgan fingerprint density at radius 3 is 2.60 bits per heavy atom. The van der Waals surface area contributed by atoms with Crippen molar-refractivity contribution in [2.24, 2.45) is 5.73 Å². The summed E-state index contributed by atoms with van der Waals surface area (Å²) in [6.45, 7) is 2.11. The number of para-hydroxylation sites is 1. The van der Waals surface area contributed by atoms with Gasteiger partial charge in [0.25, 0.3) is 0 Å². The van der Waals surface area contributed by atoms with Crippen LogP contribution < -0.4 is 10.5 Å². The lowest BCUT2D eigenvalue weighted by atomic mass is 10.0. The first-order chi connectivity index (χ1) is 7.24. The fraction of sp³-hybridized carbons (Fsp3) is 0.500. The van der Waals surface area contributed by atoms with E-state index in [0.29, 0.717) is 5.25 Å². The molecular formula is C12H19NOS. The van der Waals surface area contributed by atoms with Crippen molar-refractivity contribution in [3.8, 4) is 5.75 Å². The number of methoxy groups -OCH3 is 1. The van der Waals surface area contributed by atoms with Crippen molar-refractivity contribution in [1.82, 2.24) is 0 Å². The number of rotatable bonds is 5. The van der Waals surface area contributed by atoms with Crippen LogP contribution in [0.2, 0.25) is 0 Å². The molecule has 2 unspecified atom stereocenters. The maximum atomic E-state index is 6.11. The molecule has 0 fully saturated rings. The van der Waals surface area contributed by atoms with Crippen molar-refractivity contribution in [2.45, 2.75) is 24.6 Å². The molecule has 0 saturated heterocycles. The van der Waals surface area contributed by atoms with Crippen molar-refractivity contribution in [3.63, 3.8) is 0 Å². The monoisotopic (exact) mass is 225 g/mol. The molecular weight excluding hydrogens is 206 g/mol. The van der Waals surface area contributed by atoms with Gasteiger partial charge >= 0.3 is 0 Å². The standard InChI is InChI=1S/C12H19NOS/c1-4-10(13)12(15-3)9-7-5-6-8-11(9)14-2/h5-8,10,12H,4,13H2,1-3H3. The molecule has 0 bridgehead atoms. The molecule has 0 saturated carbocycles. The number of thioether (sulfide) groups is 1. The van der Waals surface area contributed by atoms with E-state index >= 15 is 0 Å². The summed E-state index contributed by atoms with van der Waals surface area (Å²) in [6.07, 6.45) is 3.07. The second-order valence-electron chi connectivity index (χ2n) is 3.47. The maximum Gasteiger partial charge on any atom is 0.123 e. The molecule has 3 heteroatoms. The third-order valence-electron chi connectivity index (χ3n) is 2.56. The normalized spacial score (nSPS) is 14.7. The molecule has 0 amide bonds. The molecule has 2 atom stereocenters. The van der Waals surface area contributed by atoms with E-state index in [9.17, 15) is 0 Å². The van der Waals surface area contributed by atoms with Crippen LogP contribution in [-0.4, -0.2) is 19.4 Å². The summed E-state index contributed by atoms with van der Waals surface area (Å²) in [5.41, 5.74) is 7.30. The van der Waals surface area contributed by atoms with Gasteiger partial charge in [-0.3, -0.25) is 0 Å². The highest BCUT2D eigenvalue weighted by atomic mass is 32.2. The van der Waals surface area contributed by atoms with Gasteiger partial charge in [0.2, 0.25) is 0 Å². The molecule has 0 radical (unpaired) electrons. The number of ether oxygens (including phenoxy) is 1. The van der Waals surface area contributed by atoms with Gasteiger partial charge in [-0.1, -0.05) is 25.1 Å². The van der Waals surface area contributed by atoms with Gasteiger partial charge < -0.3 is 10.5 Å². The molecule has 84 valence electrons. The van der Waals surface area contributed by atoms with Gasteiger partial charge in [-0.05, 0) is 18.7 Å². The van der Waals surface area contributed by atoms with Crippen molar-refractivity contribution < 1.29 is 4.74 Å². The first-order valence-electron chi connectivity index (χ1n) is 5.15. The third kappa shape index (κ3) is 2.89. The topological polar surface area (TPSA) is 35.2 Å². The largest absolute Gasteiger partial charge is 0.496 e. The van der Waals surface area contributed by atoms with Crippen molar-refractivity contribution in [3.05, 3.63) is 29.8 Å². The van der Waals surface area contributed by atoms with Crippen LogP contribution >= 0.6 is 11.8 Å². The van der Waals surface area contributed by atoms with Gasteiger partial charge in [0, 0.05) is 16.9 Å². The van der Waals surface area contributed by atoms with Crippen LogP contribution in [0.25, 0.3) is 0 Å². The Kier molecular flexibility index (Phi) is 4.99. The van der Waals surface area contributed by atoms with Crippen molar-refractivity contribution in [2.75, 3.05) is 13.4 Å². The van der Waals surface area contributed by atoms with Crippen LogP contribution in [0.4, 0.5) is 0 Å². The van der Waals surface area contributed by atoms with E-state index in [1.807, 2.05) is 18.2 Å². The summed E-state index contributed by atoms with van der Waals surface area (Å²) in [5, 5.41) is 0.311. The van der Waals surface area contributed by atoms with E-state index in [2.05, 4.69) is 19.2 Å². The molecule has 0 aliphatic heterocycles. The molecule has 1 aromatic carbocycles. The first kappa shape index (κ1) is 12.4. The summed E-state index contributed by atoms with van der Waals surface area (Å²) < 4.78 is 5.35. The fourth-order valence-electron chi connectivity index (χ4n) is 1.65. The average Bonchev–Trinajstić information content (AvgIpc) is 2.30. The van der Waals surface area contributed by atoms with Crippen molar-refractivity contribution >= 4 is 11.8 Å². The van der Waals surface area contributed by atoms with E-state index in [1.54, 1.807) is 18.9 Å². The highest BCUT2D eigenvalue weighted by molar-refractivity contribution is 7.98. The molecule has 0 aliphatic rings. The van der Waals surface area contributed by atoms with Crippen molar-refractivity contribution in [1.29, 1.82) is 0 Å². The third-order valence-corrected chi connectivity index (χ3v) is 3.67. The van der Waals surface area contributed by atoms with Crippen LogP contribution in [-0.2, 0) is 0 Å². The lowest BCUT2D eigenvalue weighted by molar-refractivity contribution is 0.407. The Labute approximate surface area is 96.2 Å². The number of nitrogens with two attached hydrogens (primary N) is 1. The molecule has 1 aromatic rings.